The molecule has 1 saturated heterocycles. The van der Waals surface area contributed by atoms with Crippen LogP contribution in [-0.2, 0) is 51.9 Å². The molecule has 1 aliphatic heterocycles. The van der Waals surface area contributed by atoms with E-state index in [1.807, 2.05) is 0 Å². The molecule has 0 amide bonds. The molecule has 276 valence electrons. The van der Waals surface area contributed by atoms with Crippen molar-refractivity contribution in [1.29, 1.82) is 0 Å². The monoisotopic (exact) mass is 712 g/mol. The smallest absolute Gasteiger partial charge is 0.472 e. The predicted octanol–water partition coefficient (Wildman–Crippen LogP) is -0.780. The van der Waals surface area contributed by atoms with Crippen LogP contribution in [0.5, 0.6) is 0 Å². The summed E-state index contributed by atoms with van der Waals surface area (Å²) in [7, 11) is -4.62. The molecule has 2 unspecified atom stereocenters. The van der Waals surface area contributed by atoms with Gasteiger partial charge in [-0.2, -0.15) is 0 Å². The predicted molar refractivity (Wildman–Crippen MR) is 166 cm³/mol. The number of carbonyl (C=O) groups excluding carboxylic acids is 3. The van der Waals surface area contributed by atoms with E-state index >= 15 is 0 Å². The number of hydrogen-bond acceptors (Lipinski definition) is 15. The highest BCUT2D eigenvalue weighted by Crippen LogP contribution is 2.43. The molecule has 20 heteroatoms. The quantitative estimate of drug-likeness (QED) is 0.0647. The van der Waals surface area contributed by atoms with Crippen LogP contribution in [0.15, 0.2) is 0 Å². The number of hydrogen-bond donors (Lipinski definition) is 4. The average molecular weight is 713 g/mol. The third-order valence-corrected chi connectivity index (χ3v) is 7.97. The van der Waals surface area contributed by atoms with Crippen LogP contribution in [0.2, 0.25) is 0 Å². The number of Topliss-reactive ketones (excluding diaryl/α,β-unsaturated/α-hetero) is 1. The van der Waals surface area contributed by atoms with Crippen molar-refractivity contribution >= 4 is 43.5 Å². The van der Waals surface area contributed by atoms with Crippen molar-refractivity contribution in [3.05, 3.63) is 0 Å². The molecule has 1 aliphatic rings. The molecular weight excluding hydrogens is 663 g/mol. The van der Waals surface area contributed by atoms with Crippen LogP contribution < -0.4 is 0 Å². The molecule has 0 aromatic rings. The van der Waals surface area contributed by atoms with Gasteiger partial charge in [-0.15, -0.1) is 0 Å². The van der Waals surface area contributed by atoms with Gasteiger partial charge in [0.2, 0.25) is 0 Å². The second-order valence-corrected chi connectivity index (χ2v) is 12.5. The van der Waals surface area contributed by atoms with E-state index in [4.69, 9.17) is 18.5 Å². The van der Waals surface area contributed by atoms with Crippen molar-refractivity contribution < 1.29 is 72.1 Å². The molecule has 2 atom stereocenters. The highest BCUT2D eigenvalue weighted by molar-refractivity contribution is 7.47. The van der Waals surface area contributed by atoms with Gasteiger partial charge in [0, 0.05) is 71.6 Å². The molecule has 0 bridgehead atoms. The van der Waals surface area contributed by atoms with Crippen LogP contribution in [0.3, 0.4) is 0 Å². The molecule has 0 aromatic heterocycles. The van der Waals surface area contributed by atoms with Crippen LogP contribution in [0.1, 0.15) is 39.5 Å². The Bertz CT molecular complexity index is 1080. The molecular formula is C28H49N4O15P. The van der Waals surface area contributed by atoms with Gasteiger partial charge in [0.25, 0.3) is 0 Å². The molecule has 1 heterocycles. The largest absolute Gasteiger partial charge is 0.480 e. The van der Waals surface area contributed by atoms with Crippen molar-refractivity contribution in [2.24, 2.45) is 0 Å². The number of esters is 2. The number of nitrogens with zero attached hydrogens (tertiary/aromatic N) is 4. The third kappa shape index (κ3) is 21.0. The summed E-state index contributed by atoms with van der Waals surface area (Å²) in [5.74, 6) is -4.63. The van der Waals surface area contributed by atoms with Crippen molar-refractivity contribution in [3.63, 3.8) is 0 Å². The lowest BCUT2D eigenvalue weighted by atomic mass is 10.2. The van der Waals surface area contributed by atoms with Crippen LogP contribution in [0.25, 0.3) is 0 Å². The normalized spacial score (nSPS) is 18.1. The van der Waals surface area contributed by atoms with E-state index in [0.29, 0.717) is 0 Å². The molecule has 19 nitrogen and oxygen atoms in total. The Morgan fingerprint density at radius 3 is 1.46 bits per heavy atom. The number of carbonyl (C=O) groups is 6. The molecule has 0 radical (unpaired) electrons. The maximum absolute atomic E-state index is 12.8. The Kier molecular flexibility index (Phi) is 20.9. The summed E-state index contributed by atoms with van der Waals surface area (Å²) in [5, 5.41) is 28.0. The van der Waals surface area contributed by atoms with Crippen molar-refractivity contribution in [2.45, 2.75) is 45.6 Å². The van der Waals surface area contributed by atoms with Crippen LogP contribution in [-0.4, -0.2) is 180 Å². The topological polar surface area (TPSA) is 250 Å². The van der Waals surface area contributed by atoms with E-state index < -0.39 is 50.4 Å². The Labute approximate surface area is 279 Å². The van der Waals surface area contributed by atoms with Gasteiger partial charge in [0.15, 0.2) is 6.10 Å². The number of rotatable bonds is 21. The molecule has 1 rings (SSSR count). The highest BCUT2D eigenvalue weighted by atomic mass is 31.2. The zero-order valence-electron chi connectivity index (χ0n) is 27.5. The number of ketones is 1. The van der Waals surface area contributed by atoms with E-state index in [2.05, 4.69) is 0 Å². The van der Waals surface area contributed by atoms with E-state index in [1.54, 1.807) is 33.4 Å². The van der Waals surface area contributed by atoms with Gasteiger partial charge >= 0.3 is 37.7 Å². The van der Waals surface area contributed by atoms with E-state index in [9.17, 15) is 53.5 Å². The first kappa shape index (κ1) is 43.0. The van der Waals surface area contributed by atoms with Gasteiger partial charge in [0.1, 0.15) is 12.4 Å². The first-order valence-corrected chi connectivity index (χ1v) is 17.1. The second-order valence-electron chi connectivity index (χ2n) is 11.0. The number of phosphoric ester groups is 1. The Morgan fingerprint density at radius 1 is 0.646 bits per heavy atom. The van der Waals surface area contributed by atoms with Gasteiger partial charge < -0.3 is 29.7 Å². The number of carboxylic acids is 3. The summed E-state index contributed by atoms with van der Waals surface area (Å²) in [6.45, 7) is 2.92. The number of phosphoric acid groups is 1. The molecule has 48 heavy (non-hydrogen) atoms. The average Bonchev–Trinajstić information content (AvgIpc) is 3.00. The van der Waals surface area contributed by atoms with Crippen molar-refractivity contribution in [3.8, 4) is 0 Å². The Balaban J connectivity index is 2.74. The highest BCUT2D eigenvalue weighted by Gasteiger charge is 2.26. The SMILES string of the molecule is CCC(=O)OCC(COP(=O)(O)OCCCC(=O)CN1CCN(CC(=O)O)CCN(CC(=O)O)CCN(CC(=O)O)CC1)OC(=O)CC. The minimum Gasteiger partial charge on any atom is -0.480 e. The fourth-order valence-corrected chi connectivity index (χ4v) is 5.24. The minimum atomic E-state index is -4.62. The second kappa shape index (κ2) is 23.3. The molecule has 0 aromatic carbocycles. The Morgan fingerprint density at radius 2 is 1.06 bits per heavy atom. The minimum absolute atomic E-state index is 0.0193. The summed E-state index contributed by atoms with van der Waals surface area (Å²) in [4.78, 5) is 86.8. The maximum Gasteiger partial charge on any atom is 0.472 e. The summed E-state index contributed by atoms with van der Waals surface area (Å²) in [5.41, 5.74) is 0. The third-order valence-electron chi connectivity index (χ3n) is 6.99. The molecule has 0 aliphatic carbocycles. The molecule has 0 spiro atoms. The van der Waals surface area contributed by atoms with E-state index in [-0.39, 0.29) is 123 Å². The van der Waals surface area contributed by atoms with Crippen LogP contribution >= 0.6 is 7.82 Å². The first-order chi connectivity index (χ1) is 22.6. The zero-order valence-corrected chi connectivity index (χ0v) is 28.4. The summed E-state index contributed by atoms with van der Waals surface area (Å²) in [6.07, 6.45) is -1.03. The van der Waals surface area contributed by atoms with Crippen LogP contribution in [0, 0.1) is 0 Å². The fraction of sp³-hybridized carbons (Fsp3) is 0.786. The number of carboxylic acid groups (broad SMARTS) is 3. The summed E-state index contributed by atoms with van der Waals surface area (Å²) in [6, 6.07) is 0. The number of ether oxygens (including phenoxy) is 2. The Hall–Kier alpha value is -3.03. The van der Waals surface area contributed by atoms with Gasteiger partial charge in [-0.1, -0.05) is 13.8 Å². The zero-order chi connectivity index (χ0) is 36.1. The summed E-state index contributed by atoms with van der Waals surface area (Å²) >= 11 is 0. The lowest BCUT2D eigenvalue weighted by Gasteiger charge is -2.32. The lowest BCUT2D eigenvalue weighted by Crippen LogP contribution is -2.49. The molecule has 4 N–H and O–H groups in total. The van der Waals surface area contributed by atoms with Gasteiger partial charge in [-0.3, -0.25) is 57.4 Å². The van der Waals surface area contributed by atoms with E-state index in [1.165, 1.54) is 0 Å². The van der Waals surface area contributed by atoms with Gasteiger partial charge in [-0.05, 0) is 6.42 Å². The molecule has 1 fully saturated rings. The van der Waals surface area contributed by atoms with Crippen molar-refractivity contribution in [2.75, 3.05) is 98.4 Å². The fourth-order valence-electron chi connectivity index (χ4n) is 4.45. The lowest BCUT2D eigenvalue weighted by molar-refractivity contribution is -0.160. The van der Waals surface area contributed by atoms with Gasteiger partial charge in [0.05, 0.1) is 39.4 Å². The van der Waals surface area contributed by atoms with Crippen molar-refractivity contribution in [1.82, 2.24) is 19.6 Å². The maximum atomic E-state index is 12.8. The van der Waals surface area contributed by atoms with E-state index in [0.717, 1.165) is 0 Å². The standard InChI is InChI=1S/C28H49N4O15P/c1-3-27(40)44-20-23(47-28(41)4-2)21-46-48(42,43)45-15-5-6-22(33)16-29-7-9-30(17-24(34)35)11-13-32(19-26(38)39)14-12-31(10-8-29)18-25(36)37/h23H,3-21H2,1-2H3,(H,34,35)(H,36,37)(H,38,39)(H,42,43). The van der Waals surface area contributed by atoms with Gasteiger partial charge in [-0.25, -0.2) is 4.57 Å². The molecule has 0 saturated carbocycles. The summed E-state index contributed by atoms with van der Waals surface area (Å²) < 4.78 is 32.2. The number of aliphatic carboxylic acids is 3. The van der Waals surface area contributed by atoms with Crippen LogP contribution in [0.4, 0.5) is 0 Å². The first-order valence-electron chi connectivity index (χ1n) is 15.7.